The maximum atomic E-state index is 11.7. The van der Waals surface area contributed by atoms with E-state index in [1.165, 1.54) is 7.11 Å². The van der Waals surface area contributed by atoms with E-state index in [-0.39, 0.29) is 11.4 Å². The van der Waals surface area contributed by atoms with Crippen LogP contribution in [0.1, 0.15) is 36.5 Å². The lowest BCUT2D eigenvalue weighted by Gasteiger charge is -2.22. The first-order valence-corrected chi connectivity index (χ1v) is 6.10. The molecule has 5 heteroatoms. The summed E-state index contributed by atoms with van der Waals surface area (Å²) in [6.45, 7) is 8.07. The van der Waals surface area contributed by atoms with Gasteiger partial charge in [0, 0.05) is 19.3 Å². The van der Waals surface area contributed by atoms with Crippen molar-refractivity contribution in [2.24, 2.45) is 5.41 Å². The summed E-state index contributed by atoms with van der Waals surface area (Å²) in [5.74, 6) is 0.983. The molecule has 0 amide bonds. The molecule has 0 spiro atoms. The predicted octanol–water partition coefficient (Wildman–Crippen LogP) is 1.81. The second-order valence-electron chi connectivity index (χ2n) is 5.48. The van der Waals surface area contributed by atoms with Crippen molar-refractivity contribution in [3.05, 3.63) is 17.6 Å². The summed E-state index contributed by atoms with van der Waals surface area (Å²) >= 11 is 0. The van der Waals surface area contributed by atoms with Gasteiger partial charge in [-0.3, -0.25) is 0 Å². The number of carbonyl (C=O) groups excluding carboxylic acids is 1. The Kier molecular flexibility index (Phi) is 3.24. The molecule has 1 aromatic heterocycles. The molecular formula is C13H19N3O2. The van der Waals surface area contributed by atoms with Crippen LogP contribution in [0, 0.1) is 12.3 Å². The molecule has 0 aliphatic carbocycles. The molecule has 1 aliphatic rings. The fraction of sp³-hybridized carbons (Fsp3) is 0.615. The van der Waals surface area contributed by atoms with Crippen LogP contribution in [-0.2, 0) is 4.74 Å². The van der Waals surface area contributed by atoms with E-state index < -0.39 is 0 Å². The van der Waals surface area contributed by atoms with Gasteiger partial charge in [-0.15, -0.1) is 0 Å². The molecule has 18 heavy (non-hydrogen) atoms. The molecule has 0 aromatic carbocycles. The van der Waals surface area contributed by atoms with Crippen LogP contribution in [0.5, 0.6) is 0 Å². The van der Waals surface area contributed by atoms with Crippen LogP contribution in [0.4, 0.5) is 5.82 Å². The number of rotatable bonds is 2. The Morgan fingerprint density at radius 3 is 2.78 bits per heavy atom. The second-order valence-corrected chi connectivity index (χ2v) is 5.48. The Morgan fingerprint density at radius 1 is 1.50 bits per heavy atom. The van der Waals surface area contributed by atoms with E-state index in [4.69, 9.17) is 4.74 Å². The van der Waals surface area contributed by atoms with Gasteiger partial charge >= 0.3 is 5.97 Å². The Hall–Kier alpha value is -1.65. The van der Waals surface area contributed by atoms with Crippen LogP contribution >= 0.6 is 0 Å². The van der Waals surface area contributed by atoms with Gasteiger partial charge in [0.2, 0.25) is 0 Å². The number of anilines is 1. The van der Waals surface area contributed by atoms with E-state index in [9.17, 15) is 4.79 Å². The van der Waals surface area contributed by atoms with Crippen molar-refractivity contribution in [3.63, 3.8) is 0 Å². The molecule has 2 rings (SSSR count). The zero-order valence-electron chi connectivity index (χ0n) is 11.4. The lowest BCUT2D eigenvalue weighted by molar-refractivity contribution is 0.0600. The van der Waals surface area contributed by atoms with Crippen molar-refractivity contribution in [2.75, 3.05) is 25.1 Å². The first-order chi connectivity index (χ1) is 8.43. The highest BCUT2D eigenvalue weighted by Gasteiger charge is 2.32. The fourth-order valence-corrected chi connectivity index (χ4v) is 2.25. The molecule has 0 saturated carbocycles. The summed E-state index contributed by atoms with van der Waals surface area (Å²) in [6, 6.07) is 0. The van der Waals surface area contributed by atoms with Crippen molar-refractivity contribution < 1.29 is 9.53 Å². The fourth-order valence-electron chi connectivity index (χ4n) is 2.25. The van der Waals surface area contributed by atoms with Crippen molar-refractivity contribution in [3.8, 4) is 0 Å². The molecule has 0 atom stereocenters. The monoisotopic (exact) mass is 249 g/mol. The molecular weight excluding hydrogens is 230 g/mol. The summed E-state index contributed by atoms with van der Waals surface area (Å²) in [4.78, 5) is 22.4. The number of methoxy groups -OCH3 is 1. The third-order valence-corrected chi connectivity index (χ3v) is 3.27. The molecule has 1 saturated heterocycles. The van der Waals surface area contributed by atoms with Gasteiger partial charge in [-0.1, -0.05) is 13.8 Å². The standard InChI is InChI=1S/C13H19N3O2/c1-9-14-7-10(12(17)18-4)11(15-9)16-6-5-13(2,3)8-16/h7H,5-6,8H2,1-4H3. The van der Waals surface area contributed by atoms with Crippen molar-refractivity contribution in [2.45, 2.75) is 27.2 Å². The van der Waals surface area contributed by atoms with Gasteiger partial charge in [-0.2, -0.15) is 0 Å². The summed E-state index contributed by atoms with van der Waals surface area (Å²) in [5, 5.41) is 0. The molecule has 2 heterocycles. The van der Waals surface area contributed by atoms with E-state index in [1.807, 2.05) is 6.92 Å². The lowest BCUT2D eigenvalue weighted by atomic mass is 9.93. The maximum absolute atomic E-state index is 11.7. The molecule has 1 aliphatic heterocycles. The maximum Gasteiger partial charge on any atom is 0.343 e. The molecule has 1 aromatic rings. The molecule has 0 radical (unpaired) electrons. The molecule has 1 fully saturated rings. The largest absolute Gasteiger partial charge is 0.465 e. The smallest absolute Gasteiger partial charge is 0.343 e. The molecule has 0 bridgehead atoms. The van der Waals surface area contributed by atoms with Crippen molar-refractivity contribution in [1.29, 1.82) is 0 Å². The minimum absolute atomic E-state index is 0.256. The normalized spacial score (nSPS) is 17.9. The van der Waals surface area contributed by atoms with Crippen molar-refractivity contribution >= 4 is 11.8 Å². The Labute approximate surface area is 107 Å². The van der Waals surface area contributed by atoms with E-state index in [1.54, 1.807) is 6.20 Å². The molecule has 98 valence electrons. The summed E-state index contributed by atoms with van der Waals surface area (Å²) < 4.78 is 4.78. The highest BCUT2D eigenvalue weighted by molar-refractivity contribution is 5.94. The number of hydrogen-bond donors (Lipinski definition) is 0. The quantitative estimate of drug-likeness (QED) is 0.748. The van der Waals surface area contributed by atoms with E-state index >= 15 is 0 Å². The average molecular weight is 249 g/mol. The van der Waals surface area contributed by atoms with Gasteiger partial charge in [0.15, 0.2) is 0 Å². The highest BCUT2D eigenvalue weighted by Crippen LogP contribution is 2.33. The van der Waals surface area contributed by atoms with Crippen LogP contribution in [0.2, 0.25) is 0 Å². The van der Waals surface area contributed by atoms with Gasteiger partial charge in [-0.05, 0) is 18.8 Å². The Morgan fingerprint density at radius 2 is 2.22 bits per heavy atom. The van der Waals surface area contributed by atoms with Crippen LogP contribution < -0.4 is 4.90 Å². The minimum atomic E-state index is -0.380. The van der Waals surface area contributed by atoms with Crippen LogP contribution in [-0.4, -0.2) is 36.1 Å². The zero-order valence-corrected chi connectivity index (χ0v) is 11.4. The number of nitrogens with zero attached hydrogens (tertiary/aromatic N) is 3. The first-order valence-electron chi connectivity index (χ1n) is 6.10. The lowest BCUT2D eigenvalue weighted by Crippen LogP contribution is -2.26. The summed E-state index contributed by atoms with van der Waals surface area (Å²) in [6.07, 6.45) is 2.64. The predicted molar refractivity (Wildman–Crippen MR) is 68.7 cm³/mol. The Bertz CT molecular complexity index is 471. The summed E-state index contributed by atoms with van der Waals surface area (Å²) in [7, 11) is 1.37. The number of ether oxygens (including phenoxy) is 1. The minimum Gasteiger partial charge on any atom is -0.465 e. The second kappa shape index (κ2) is 4.55. The van der Waals surface area contributed by atoms with E-state index in [0.717, 1.165) is 19.5 Å². The number of hydrogen-bond acceptors (Lipinski definition) is 5. The van der Waals surface area contributed by atoms with Gasteiger partial charge in [0.25, 0.3) is 0 Å². The van der Waals surface area contributed by atoms with Crippen LogP contribution in [0.25, 0.3) is 0 Å². The number of aryl methyl sites for hydroxylation is 1. The van der Waals surface area contributed by atoms with E-state index in [0.29, 0.717) is 17.2 Å². The van der Waals surface area contributed by atoms with Gasteiger partial charge in [-0.25, -0.2) is 14.8 Å². The molecule has 0 N–H and O–H groups in total. The average Bonchev–Trinajstić information content (AvgIpc) is 2.68. The van der Waals surface area contributed by atoms with Crippen molar-refractivity contribution in [1.82, 2.24) is 9.97 Å². The number of esters is 1. The van der Waals surface area contributed by atoms with Crippen LogP contribution in [0.15, 0.2) is 6.20 Å². The first kappa shape index (κ1) is 12.8. The number of aromatic nitrogens is 2. The summed E-state index contributed by atoms with van der Waals surface area (Å²) in [5.41, 5.74) is 0.701. The Balaban J connectivity index is 2.37. The molecule has 5 nitrogen and oxygen atoms in total. The number of carbonyl (C=O) groups is 1. The highest BCUT2D eigenvalue weighted by atomic mass is 16.5. The topological polar surface area (TPSA) is 55.3 Å². The van der Waals surface area contributed by atoms with E-state index in [2.05, 4.69) is 28.7 Å². The third-order valence-electron chi connectivity index (χ3n) is 3.27. The van der Waals surface area contributed by atoms with Crippen LogP contribution in [0.3, 0.4) is 0 Å². The third kappa shape index (κ3) is 2.44. The van der Waals surface area contributed by atoms with Gasteiger partial charge < -0.3 is 9.64 Å². The zero-order chi connectivity index (χ0) is 13.3. The van der Waals surface area contributed by atoms with Gasteiger partial charge in [0.05, 0.1) is 7.11 Å². The molecule has 0 unspecified atom stereocenters. The van der Waals surface area contributed by atoms with Gasteiger partial charge in [0.1, 0.15) is 17.2 Å². The SMILES string of the molecule is COC(=O)c1cnc(C)nc1N1CCC(C)(C)C1.